The molecular weight excluding hydrogens is 224 g/mol. The van der Waals surface area contributed by atoms with Gasteiger partial charge >= 0.3 is 0 Å². The molecule has 1 heterocycles. The fraction of sp³-hybridized carbons (Fsp3) is 0.333. The minimum atomic E-state index is -0.409. The summed E-state index contributed by atoms with van der Waals surface area (Å²) < 4.78 is 0. The number of aryl methyl sites for hydroxylation is 1. The van der Waals surface area contributed by atoms with Crippen molar-refractivity contribution in [3.05, 3.63) is 53.4 Å². The maximum absolute atomic E-state index is 11.5. The van der Waals surface area contributed by atoms with E-state index in [-0.39, 0.29) is 5.92 Å². The fourth-order valence-corrected chi connectivity index (χ4v) is 1.98. The molecule has 0 radical (unpaired) electrons. The zero-order chi connectivity index (χ0) is 13.5. The lowest BCUT2D eigenvalue weighted by molar-refractivity contribution is 0.0998. The third-order valence-corrected chi connectivity index (χ3v) is 2.91. The molecule has 0 saturated carbocycles. The highest BCUT2D eigenvalue weighted by Crippen LogP contribution is 2.25. The van der Waals surface area contributed by atoms with Gasteiger partial charge in [-0.15, -0.1) is 0 Å². The van der Waals surface area contributed by atoms with E-state index >= 15 is 0 Å². The third-order valence-electron chi connectivity index (χ3n) is 2.91. The lowest BCUT2D eigenvalue weighted by Gasteiger charge is -2.15. The summed E-state index contributed by atoms with van der Waals surface area (Å²) in [5, 5.41) is 0. The molecule has 0 aliphatic carbocycles. The number of nitrogens with two attached hydrogens (primary N) is 1. The Balaban J connectivity index is 3.21. The monoisotopic (exact) mass is 244 g/mol. The summed E-state index contributed by atoms with van der Waals surface area (Å²) in [4.78, 5) is 15.7. The summed E-state index contributed by atoms with van der Waals surface area (Å²) in [6, 6.07) is 1.88. The molecule has 0 saturated heterocycles. The second-order valence-electron chi connectivity index (χ2n) is 4.15. The molecule has 0 bridgehead atoms. The zero-order valence-corrected chi connectivity index (χ0v) is 11.2. The Labute approximate surface area is 108 Å². The van der Waals surface area contributed by atoms with Gasteiger partial charge in [0.15, 0.2) is 0 Å². The molecule has 1 amide bonds. The zero-order valence-electron chi connectivity index (χ0n) is 11.2. The molecule has 96 valence electrons. The van der Waals surface area contributed by atoms with Gasteiger partial charge in [-0.25, -0.2) is 0 Å². The first kappa shape index (κ1) is 14.2. The summed E-state index contributed by atoms with van der Waals surface area (Å²) >= 11 is 0. The van der Waals surface area contributed by atoms with E-state index < -0.39 is 5.91 Å². The van der Waals surface area contributed by atoms with Gasteiger partial charge in [-0.1, -0.05) is 31.2 Å². The lowest BCUT2D eigenvalue weighted by atomic mass is 9.91. The number of hydrogen-bond acceptors (Lipinski definition) is 2. The minimum absolute atomic E-state index is 0.186. The number of carbonyl (C=O) groups is 1. The maximum atomic E-state index is 11.5. The van der Waals surface area contributed by atoms with E-state index in [0.29, 0.717) is 11.3 Å². The van der Waals surface area contributed by atoms with Crippen LogP contribution in [-0.4, -0.2) is 10.9 Å². The Kier molecular flexibility index (Phi) is 5.31. The molecule has 3 nitrogen and oxygen atoms in total. The van der Waals surface area contributed by atoms with Crippen LogP contribution in [0.5, 0.6) is 0 Å². The van der Waals surface area contributed by atoms with Crippen LogP contribution in [0.15, 0.2) is 36.6 Å². The number of carbonyl (C=O) groups excluding carboxylic acids is 1. The average Bonchev–Trinajstić information content (AvgIpc) is 2.34. The first-order valence-corrected chi connectivity index (χ1v) is 6.16. The van der Waals surface area contributed by atoms with Crippen molar-refractivity contribution in [3.8, 4) is 0 Å². The number of primary amides is 1. The summed E-state index contributed by atoms with van der Waals surface area (Å²) in [6.07, 6.45) is 10.7. The van der Waals surface area contributed by atoms with Crippen LogP contribution in [0, 0.1) is 6.92 Å². The molecular formula is C15H20N2O. The van der Waals surface area contributed by atoms with Gasteiger partial charge in [0.1, 0.15) is 0 Å². The summed E-state index contributed by atoms with van der Waals surface area (Å²) in [5.41, 5.74) is 7.65. The lowest BCUT2D eigenvalue weighted by Crippen LogP contribution is -2.17. The second-order valence-corrected chi connectivity index (χ2v) is 4.15. The van der Waals surface area contributed by atoms with Crippen LogP contribution in [0.4, 0.5) is 0 Å². The van der Waals surface area contributed by atoms with Gasteiger partial charge < -0.3 is 5.73 Å². The summed E-state index contributed by atoms with van der Waals surface area (Å²) in [7, 11) is 0. The number of amides is 1. The normalized spacial score (nSPS) is 13.3. The van der Waals surface area contributed by atoms with E-state index in [0.717, 1.165) is 12.0 Å². The van der Waals surface area contributed by atoms with Crippen LogP contribution in [-0.2, 0) is 0 Å². The van der Waals surface area contributed by atoms with Crippen LogP contribution in [0.2, 0.25) is 0 Å². The highest BCUT2D eigenvalue weighted by molar-refractivity contribution is 5.95. The van der Waals surface area contributed by atoms with Crippen molar-refractivity contribution < 1.29 is 4.79 Å². The quantitative estimate of drug-likeness (QED) is 0.809. The molecule has 0 aliphatic heterocycles. The van der Waals surface area contributed by atoms with E-state index in [1.807, 2.05) is 38.1 Å². The molecule has 1 atom stereocenters. The van der Waals surface area contributed by atoms with Gasteiger partial charge in [0.25, 0.3) is 5.91 Å². The Morgan fingerprint density at radius 1 is 1.50 bits per heavy atom. The van der Waals surface area contributed by atoms with Gasteiger partial charge in [0.05, 0.1) is 11.3 Å². The predicted octanol–water partition coefficient (Wildman–Crippen LogP) is 3.11. The van der Waals surface area contributed by atoms with E-state index in [2.05, 4.69) is 18.0 Å². The molecule has 1 rings (SSSR count). The van der Waals surface area contributed by atoms with Crippen molar-refractivity contribution in [1.82, 2.24) is 4.98 Å². The largest absolute Gasteiger partial charge is 0.366 e. The Bertz CT molecular complexity index is 475. The Morgan fingerprint density at radius 3 is 2.78 bits per heavy atom. The second kappa shape index (κ2) is 6.74. The first-order valence-electron chi connectivity index (χ1n) is 6.16. The average molecular weight is 244 g/mol. The van der Waals surface area contributed by atoms with Crippen LogP contribution in [0.3, 0.4) is 0 Å². The van der Waals surface area contributed by atoms with Crippen molar-refractivity contribution in [2.75, 3.05) is 0 Å². The third kappa shape index (κ3) is 3.29. The van der Waals surface area contributed by atoms with Crippen molar-refractivity contribution >= 4 is 5.91 Å². The first-order chi connectivity index (χ1) is 8.61. The minimum Gasteiger partial charge on any atom is -0.366 e. The molecule has 1 aromatic rings. The highest BCUT2D eigenvalue weighted by atomic mass is 16.1. The molecule has 1 aromatic heterocycles. The summed E-state index contributed by atoms with van der Waals surface area (Å²) in [5.74, 6) is -0.223. The van der Waals surface area contributed by atoms with Crippen molar-refractivity contribution in [2.45, 2.75) is 33.1 Å². The van der Waals surface area contributed by atoms with Gasteiger partial charge in [0, 0.05) is 12.1 Å². The highest BCUT2D eigenvalue weighted by Gasteiger charge is 2.17. The van der Waals surface area contributed by atoms with Gasteiger partial charge in [-0.3, -0.25) is 9.78 Å². The summed E-state index contributed by atoms with van der Waals surface area (Å²) in [6.45, 7) is 5.87. The van der Waals surface area contributed by atoms with Crippen LogP contribution < -0.4 is 5.73 Å². The maximum Gasteiger partial charge on any atom is 0.250 e. The number of allylic oxidation sites excluding steroid dienone is 4. The standard InChI is InChI=1S/C15H20N2O/c1-4-6-7-8-12(5-2)13-9-10-17-11(3)14(13)15(16)18/h4,6-10,12H,5H2,1-3H3,(H2,16,18)/b6-4+,8-7+. The van der Waals surface area contributed by atoms with Gasteiger partial charge in [-0.2, -0.15) is 0 Å². The molecule has 3 heteroatoms. The van der Waals surface area contributed by atoms with Crippen molar-refractivity contribution in [3.63, 3.8) is 0 Å². The molecule has 1 unspecified atom stereocenters. The predicted molar refractivity (Wildman–Crippen MR) is 74.5 cm³/mol. The molecule has 0 fully saturated rings. The number of nitrogens with zero attached hydrogens (tertiary/aromatic N) is 1. The topological polar surface area (TPSA) is 56.0 Å². The smallest absolute Gasteiger partial charge is 0.250 e. The molecule has 2 N–H and O–H groups in total. The number of hydrogen-bond donors (Lipinski definition) is 1. The van der Waals surface area contributed by atoms with Crippen molar-refractivity contribution in [1.29, 1.82) is 0 Å². The molecule has 18 heavy (non-hydrogen) atoms. The fourth-order valence-electron chi connectivity index (χ4n) is 1.98. The molecule has 0 aliphatic rings. The number of aromatic nitrogens is 1. The Morgan fingerprint density at radius 2 is 2.22 bits per heavy atom. The van der Waals surface area contributed by atoms with E-state index in [4.69, 9.17) is 5.73 Å². The Hall–Kier alpha value is -1.90. The number of rotatable bonds is 5. The van der Waals surface area contributed by atoms with Gasteiger partial charge in [-0.05, 0) is 31.9 Å². The molecule has 0 aromatic carbocycles. The van der Waals surface area contributed by atoms with Crippen molar-refractivity contribution in [2.24, 2.45) is 5.73 Å². The van der Waals surface area contributed by atoms with E-state index in [1.165, 1.54) is 0 Å². The SMILES string of the molecule is C/C=C/C=C/C(CC)c1ccnc(C)c1C(N)=O. The number of pyridine rings is 1. The van der Waals surface area contributed by atoms with Crippen LogP contribution in [0.1, 0.15) is 47.8 Å². The van der Waals surface area contributed by atoms with E-state index in [1.54, 1.807) is 6.20 Å². The molecule has 0 spiro atoms. The van der Waals surface area contributed by atoms with Gasteiger partial charge in [0.2, 0.25) is 0 Å². The van der Waals surface area contributed by atoms with E-state index in [9.17, 15) is 4.79 Å². The van der Waals surface area contributed by atoms with Crippen LogP contribution in [0.25, 0.3) is 0 Å². The van der Waals surface area contributed by atoms with Crippen LogP contribution >= 0.6 is 0 Å².